The molecule has 0 spiro atoms. The number of nitro groups is 1. The first-order chi connectivity index (χ1) is 10.8. The Bertz CT molecular complexity index is 583. The van der Waals surface area contributed by atoms with Gasteiger partial charge in [-0.25, -0.2) is 0 Å². The molecule has 1 unspecified atom stereocenters. The summed E-state index contributed by atoms with van der Waals surface area (Å²) in [5.74, 6) is -1.45. The predicted octanol–water partition coefficient (Wildman–Crippen LogP) is 1.54. The van der Waals surface area contributed by atoms with Crippen molar-refractivity contribution in [3.8, 4) is 11.5 Å². The van der Waals surface area contributed by atoms with Gasteiger partial charge in [0, 0.05) is 18.7 Å². The van der Waals surface area contributed by atoms with E-state index in [-0.39, 0.29) is 23.9 Å². The van der Waals surface area contributed by atoms with Crippen LogP contribution in [0.3, 0.4) is 0 Å². The Labute approximate surface area is 130 Å². The van der Waals surface area contributed by atoms with Crippen molar-refractivity contribution in [3.05, 3.63) is 27.8 Å². The number of carbonyl (C=O) groups is 1. The fourth-order valence-electron chi connectivity index (χ4n) is 1.67. The van der Waals surface area contributed by atoms with E-state index in [4.69, 9.17) is 4.74 Å². The smallest absolute Gasteiger partial charge is 0.387 e. The number of hydrogen-bond donors (Lipinski definition) is 2. The number of methoxy groups -OCH3 is 1. The van der Waals surface area contributed by atoms with Gasteiger partial charge in [0.25, 0.3) is 11.6 Å². The summed E-state index contributed by atoms with van der Waals surface area (Å²) in [6.07, 6.45) is 0. The molecule has 10 heteroatoms. The molecule has 8 nitrogen and oxygen atoms in total. The summed E-state index contributed by atoms with van der Waals surface area (Å²) in [6.45, 7) is -1.15. The normalized spacial score (nSPS) is 11.9. The van der Waals surface area contributed by atoms with E-state index in [1.165, 1.54) is 7.11 Å². The number of alkyl halides is 2. The summed E-state index contributed by atoms with van der Waals surface area (Å²) in [4.78, 5) is 22.3. The van der Waals surface area contributed by atoms with Crippen LogP contribution >= 0.6 is 0 Å². The zero-order valence-corrected chi connectivity index (χ0v) is 12.8. The van der Waals surface area contributed by atoms with Crippen molar-refractivity contribution < 1.29 is 28.0 Å². The molecule has 0 saturated heterocycles. The van der Waals surface area contributed by atoms with E-state index in [0.29, 0.717) is 0 Å². The molecule has 0 bridgehead atoms. The van der Waals surface area contributed by atoms with Crippen molar-refractivity contribution in [3.63, 3.8) is 0 Å². The molecule has 1 rings (SSSR count). The third-order valence-corrected chi connectivity index (χ3v) is 3.00. The zero-order valence-electron chi connectivity index (χ0n) is 12.8. The SMILES string of the molecule is CNC(C)CNC(=O)c1cc(OC)c(OC(F)F)cc1[N+](=O)[O-]. The van der Waals surface area contributed by atoms with Gasteiger partial charge >= 0.3 is 6.61 Å². The highest BCUT2D eigenvalue weighted by atomic mass is 19.3. The maximum atomic E-state index is 12.3. The van der Waals surface area contributed by atoms with E-state index in [1.54, 1.807) is 14.0 Å². The molecule has 0 radical (unpaired) electrons. The number of nitrogens with one attached hydrogen (secondary N) is 2. The quantitative estimate of drug-likeness (QED) is 0.553. The Morgan fingerprint density at radius 3 is 2.52 bits per heavy atom. The van der Waals surface area contributed by atoms with Crippen molar-refractivity contribution in [1.29, 1.82) is 0 Å². The molecular weight excluding hydrogens is 316 g/mol. The largest absolute Gasteiger partial charge is 0.493 e. The molecule has 0 aliphatic rings. The van der Waals surface area contributed by atoms with E-state index < -0.39 is 28.9 Å². The first-order valence-electron chi connectivity index (χ1n) is 6.56. The first-order valence-corrected chi connectivity index (χ1v) is 6.56. The average molecular weight is 333 g/mol. The maximum absolute atomic E-state index is 12.3. The van der Waals surface area contributed by atoms with Crippen LogP contribution in [0.4, 0.5) is 14.5 Å². The van der Waals surface area contributed by atoms with Gasteiger partial charge in [-0.15, -0.1) is 0 Å². The van der Waals surface area contributed by atoms with Crippen LogP contribution in [0.2, 0.25) is 0 Å². The van der Waals surface area contributed by atoms with E-state index in [2.05, 4.69) is 15.4 Å². The van der Waals surface area contributed by atoms with E-state index in [0.717, 1.165) is 12.1 Å². The summed E-state index contributed by atoms with van der Waals surface area (Å²) < 4.78 is 33.7. The van der Waals surface area contributed by atoms with Crippen molar-refractivity contribution in [2.75, 3.05) is 20.7 Å². The van der Waals surface area contributed by atoms with Gasteiger partial charge < -0.3 is 20.1 Å². The summed E-state index contributed by atoms with van der Waals surface area (Å²) in [6, 6.07) is 1.68. The zero-order chi connectivity index (χ0) is 17.6. The minimum absolute atomic E-state index is 0.0543. The number of carbonyl (C=O) groups excluding carboxylic acids is 1. The van der Waals surface area contributed by atoms with Crippen molar-refractivity contribution >= 4 is 11.6 Å². The van der Waals surface area contributed by atoms with Crippen LogP contribution in [-0.4, -0.2) is 44.2 Å². The second kappa shape index (κ2) is 8.22. The second-order valence-corrected chi connectivity index (χ2v) is 4.56. The average Bonchev–Trinajstić information content (AvgIpc) is 2.50. The molecule has 0 heterocycles. The Morgan fingerprint density at radius 1 is 1.39 bits per heavy atom. The van der Waals surface area contributed by atoms with Crippen molar-refractivity contribution in [2.45, 2.75) is 19.6 Å². The van der Waals surface area contributed by atoms with Crippen LogP contribution in [0.1, 0.15) is 17.3 Å². The van der Waals surface area contributed by atoms with Gasteiger partial charge in [0.2, 0.25) is 0 Å². The number of nitro benzene ring substituents is 1. The summed E-state index contributed by atoms with van der Waals surface area (Å²) in [5.41, 5.74) is -0.965. The van der Waals surface area contributed by atoms with Gasteiger partial charge in [0.1, 0.15) is 5.56 Å². The lowest BCUT2D eigenvalue weighted by Crippen LogP contribution is -2.37. The highest BCUT2D eigenvalue weighted by molar-refractivity contribution is 5.99. The lowest BCUT2D eigenvalue weighted by Gasteiger charge is -2.14. The molecule has 23 heavy (non-hydrogen) atoms. The summed E-state index contributed by atoms with van der Waals surface area (Å²) in [7, 11) is 2.86. The molecule has 0 saturated carbocycles. The lowest BCUT2D eigenvalue weighted by atomic mass is 10.1. The number of nitrogens with zero attached hydrogens (tertiary/aromatic N) is 1. The topological polar surface area (TPSA) is 103 Å². The number of amides is 1. The molecule has 0 aromatic heterocycles. The van der Waals surface area contributed by atoms with Crippen LogP contribution in [0.15, 0.2) is 12.1 Å². The van der Waals surface area contributed by atoms with Gasteiger partial charge in [-0.3, -0.25) is 14.9 Å². The number of rotatable bonds is 8. The molecule has 1 amide bonds. The third-order valence-electron chi connectivity index (χ3n) is 3.00. The summed E-state index contributed by atoms with van der Waals surface area (Å²) >= 11 is 0. The van der Waals surface area contributed by atoms with Gasteiger partial charge in [0.15, 0.2) is 11.5 Å². The molecule has 1 atom stereocenters. The highest BCUT2D eigenvalue weighted by Gasteiger charge is 2.26. The monoisotopic (exact) mass is 333 g/mol. The van der Waals surface area contributed by atoms with Crippen LogP contribution in [0.25, 0.3) is 0 Å². The van der Waals surface area contributed by atoms with E-state index in [9.17, 15) is 23.7 Å². The van der Waals surface area contributed by atoms with Gasteiger partial charge in [-0.2, -0.15) is 8.78 Å². The Hall–Kier alpha value is -2.49. The van der Waals surface area contributed by atoms with E-state index in [1.807, 2.05) is 0 Å². The minimum Gasteiger partial charge on any atom is -0.493 e. The number of halogens is 2. The van der Waals surface area contributed by atoms with Crippen LogP contribution in [0, 0.1) is 10.1 Å². The molecule has 0 aliphatic carbocycles. The molecule has 1 aromatic carbocycles. The third kappa shape index (κ3) is 5.02. The standard InChI is InChI=1S/C13H17F2N3O5/c1-7(16-2)6-17-12(19)8-4-10(22-3)11(23-13(14)15)5-9(8)18(20)21/h4-5,7,13,16H,6H2,1-3H3,(H,17,19). The number of hydrogen-bond acceptors (Lipinski definition) is 6. The Kier molecular flexibility index (Phi) is 6.64. The van der Waals surface area contributed by atoms with Gasteiger partial charge in [0.05, 0.1) is 18.1 Å². The maximum Gasteiger partial charge on any atom is 0.387 e. The van der Waals surface area contributed by atoms with Crippen molar-refractivity contribution in [1.82, 2.24) is 10.6 Å². The molecule has 0 fully saturated rings. The second-order valence-electron chi connectivity index (χ2n) is 4.56. The first kappa shape index (κ1) is 18.6. The fraction of sp³-hybridized carbons (Fsp3) is 0.462. The fourth-order valence-corrected chi connectivity index (χ4v) is 1.67. The van der Waals surface area contributed by atoms with Crippen LogP contribution in [-0.2, 0) is 0 Å². The number of ether oxygens (including phenoxy) is 2. The predicted molar refractivity (Wildman–Crippen MR) is 77.1 cm³/mol. The van der Waals surface area contributed by atoms with Gasteiger partial charge in [-0.05, 0) is 14.0 Å². The minimum atomic E-state index is -3.18. The van der Waals surface area contributed by atoms with Crippen LogP contribution in [0.5, 0.6) is 11.5 Å². The Balaban J connectivity index is 3.19. The lowest BCUT2D eigenvalue weighted by molar-refractivity contribution is -0.385. The summed E-state index contributed by atoms with van der Waals surface area (Å²) in [5, 5.41) is 16.5. The molecular formula is C13H17F2N3O5. The van der Waals surface area contributed by atoms with Crippen molar-refractivity contribution in [2.24, 2.45) is 0 Å². The molecule has 128 valence electrons. The van der Waals surface area contributed by atoms with Crippen LogP contribution < -0.4 is 20.1 Å². The number of likely N-dealkylation sites (N-methyl/N-ethyl adjacent to an activating group) is 1. The number of benzene rings is 1. The highest BCUT2D eigenvalue weighted by Crippen LogP contribution is 2.35. The molecule has 0 aliphatic heterocycles. The molecule has 2 N–H and O–H groups in total. The Morgan fingerprint density at radius 2 is 2.04 bits per heavy atom. The molecule has 1 aromatic rings. The van der Waals surface area contributed by atoms with Gasteiger partial charge in [-0.1, -0.05) is 0 Å². The van der Waals surface area contributed by atoms with E-state index >= 15 is 0 Å².